The fraction of sp³-hybridized carbons (Fsp3) is 1.00. The molecule has 0 aliphatic rings. The van der Waals surface area contributed by atoms with Crippen LogP contribution in [-0.4, -0.2) is 21.5 Å². The van der Waals surface area contributed by atoms with Gasteiger partial charge in [0.1, 0.15) is 4.84 Å². The molecular weight excluding hydrogens is 297 g/mol. The standard InChI is InChI=1S/C10H17Cl5/c11-7-5-3-1-2-4-6-8(12)9(13)10(14)15/h8-10H,1-7H2. The Morgan fingerprint density at radius 3 is 1.80 bits per heavy atom. The topological polar surface area (TPSA) is 0 Å². The summed E-state index contributed by atoms with van der Waals surface area (Å²) in [6, 6.07) is 0. The minimum atomic E-state index is -0.592. The maximum Gasteiger partial charge on any atom is 0.125 e. The van der Waals surface area contributed by atoms with Gasteiger partial charge in [0.25, 0.3) is 0 Å². The van der Waals surface area contributed by atoms with Crippen LogP contribution in [0.1, 0.15) is 38.5 Å². The molecule has 0 N–H and O–H groups in total. The molecule has 0 saturated heterocycles. The van der Waals surface area contributed by atoms with Gasteiger partial charge in [-0.3, -0.25) is 0 Å². The van der Waals surface area contributed by atoms with Gasteiger partial charge in [-0.25, -0.2) is 0 Å². The SMILES string of the molecule is ClCCCCCCCC(Cl)C(Cl)C(Cl)Cl. The first-order valence-electron chi connectivity index (χ1n) is 5.22. The fourth-order valence-corrected chi connectivity index (χ4v) is 2.40. The lowest BCUT2D eigenvalue weighted by Crippen LogP contribution is -2.21. The van der Waals surface area contributed by atoms with Crippen molar-refractivity contribution in [3.63, 3.8) is 0 Å². The Labute approximate surface area is 118 Å². The van der Waals surface area contributed by atoms with E-state index in [0.717, 1.165) is 25.1 Å². The van der Waals surface area contributed by atoms with E-state index in [2.05, 4.69) is 0 Å². The lowest BCUT2D eigenvalue weighted by atomic mass is 10.1. The number of hydrogen-bond acceptors (Lipinski definition) is 0. The number of halogens is 5. The molecule has 0 heterocycles. The number of alkyl halides is 5. The molecule has 0 radical (unpaired) electrons. The summed E-state index contributed by atoms with van der Waals surface area (Å²) in [6.07, 6.45) is 6.59. The number of unbranched alkanes of at least 4 members (excludes halogenated alkanes) is 4. The zero-order valence-corrected chi connectivity index (χ0v) is 12.4. The third kappa shape index (κ3) is 9.18. The summed E-state index contributed by atoms with van der Waals surface area (Å²) < 4.78 is 0. The molecule has 15 heavy (non-hydrogen) atoms. The summed E-state index contributed by atoms with van der Waals surface area (Å²) >= 11 is 28.8. The minimum absolute atomic E-state index is 0.139. The Morgan fingerprint density at radius 2 is 1.27 bits per heavy atom. The van der Waals surface area contributed by atoms with Crippen LogP contribution in [0.3, 0.4) is 0 Å². The third-order valence-electron chi connectivity index (χ3n) is 2.20. The van der Waals surface area contributed by atoms with Crippen LogP contribution >= 0.6 is 58.0 Å². The molecule has 0 nitrogen and oxygen atoms in total. The van der Waals surface area contributed by atoms with E-state index in [4.69, 9.17) is 58.0 Å². The molecule has 92 valence electrons. The molecule has 0 aromatic heterocycles. The van der Waals surface area contributed by atoms with Crippen molar-refractivity contribution in [1.82, 2.24) is 0 Å². The van der Waals surface area contributed by atoms with Crippen LogP contribution < -0.4 is 0 Å². The Morgan fingerprint density at radius 1 is 0.733 bits per heavy atom. The highest BCUT2D eigenvalue weighted by atomic mass is 35.5. The normalized spacial score (nSPS) is 15.6. The lowest BCUT2D eigenvalue weighted by Gasteiger charge is -2.16. The molecule has 2 unspecified atom stereocenters. The molecule has 0 aliphatic carbocycles. The van der Waals surface area contributed by atoms with Crippen LogP contribution in [-0.2, 0) is 0 Å². The van der Waals surface area contributed by atoms with E-state index in [1.165, 1.54) is 19.3 Å². The molecule has 2 atom stereocenters. The molecule has 0 aromatic rings. The van der Waals surface area contributed by atoms with Gasteiger partial charge in [-0.1, -0.05) is 25.7 Å². The van der Waals surface area contributed by atoms with Gasteiger partial charge < -0.3 is 0 Å². The number of rotatable bonds is 9. The van der Waals surface area contributed by atoms with Crippen LogP contribution in [0.15, 0.2) is 0 Å². The molecule has 0 amide bonds. The zero-order valence-electron chi connectivity index (χ0n) is 8.57. The second-order valence-electron chi connectivity index (χ2n) is 3.54. The summed E-state index contributed by atoms with van der Waals surface area (Å²) in [5.41, 5.74) is 0. The Hall–Kier alpha value is 1.45. The van der Waals surface area contributed by atoms with Gasteiger partial charge in [-0.15, -0.1) is 58.0 Å². The van der Waals surface area contributed by atoms with Gasteiger partial charge in [0.15, 0.2) is 0 Å². The van der Waals surface area contributed by atoms with Crippen molar-refractivity contribution in [2.45, 2.75) is 54.1 Å². The first-order valence-corrected chi connectivity index (χ1v) is 7.50. The first-order chi connectivity index (χ1) is 7.09. The Bertz CT molecular complexity index is 140. The van der Waals surface area contributed by atoms with E-state index < -0.39 is 4.84 Å². The maximum absolute atomic E-state index is 6.04. The zero-order chi connectivity index (χ0) is 11.7. The van der Waals surface area contributed by atoms with Crippen LogP contribution in [0.4, 0.5) is 0 Å². The molecule has 0 fully saturated rings. The molecule has 0 aromatic carbocycles. The van der Waals surface area contributed by atoms with Crippen molar-refractivity contribution < 1.29 is 0 Å². The quantitative estimate of drug-likeness (QED) is 0.385. The van der Waals surface area contributed by atoms with Gasteiger partial charge in [-0.05, 0) is 12.8 Å². The molecule has 0 spiro atoms. The summed E-state index contributed by atoms with van der Waals surface area (Å²) in [5.74, 6) is 0.752. The Balaban J connectivity index is 3.34. The van der Waals surface area contributed by atoms with Crippen molar-refractivity contribution in [2.75, 3.05) is 5.88 Å². The summed E-state index contributed by atoms with van der Waals surface area (Å²) in [7, 11) is 0. The second kappa shape index (κ2) is 10.6. The predicted octanol–water partition coefficient (Wildman–Crippen LogP) is 5.58. The van der Waals surface area contributed by atoms with Crippen molar-refractivity contribution in [3.05, 3.63) is 0 Å². The van der Waals surface area contributed by atoms with Crippen LogP contribution in [0.2, 0.25) is 0 Å². The van der Waals surface area contributed by atoms with E-state index in [0.29, 0.717) is 0 Å². The van der Waals surface area contributed by atoms with E-state index in [9.17, 15) is 0 Å². The van der Waals surface area contributed by atoms with Gasteiger partial charge in [0.05, 0.1) is 10.8 Å². The largest absolute Gasteiger partial charge is 0.127 e. The third-order valence-corrected chi connectivity index (χ3v) is 4.44. The highest BCUT2D eigenvalue weighted by molar-refractivity contribution is 6.49. The van der Waals surface area contributed by atoms with Crippen LogP contribution in [0.5, 0.6) is 0 Å². The average Bonchev–Trinajstić information content (AvgIpc) is 2.21. The minimum Gasteiger partial charge on any atom is -0.127 e. The summed E-state index contributed by atoms with van der Waals surface area (Å²) in [5, 5.41) is -0.502. The van der Waals surface area contributed by atoms with Crippen molar-refractivity contribution in [1.29, 1.82) is 0 Å². The summed E-state index contributed by atoms with van der Waals surface area (Å²) in [6.45, 7) is 0. The fourth-order valence-electron chi connectivity index (χ4n) is 1.28. The molecule has 0 rings (SSSR count). The van der Waals surface area contributed by atoms with Gasteiger partial charge in [0.2, 0.25) is 0 Å². The van der Waals surface area contributed by atoms with E-state index in [-0.39, 0.29) is 10.8 Å². The molecule has 5 heteroatoms. The average molecular weight is 315 g/mol. The van der Waals surface area contributed by atoms with Gasteiger partial charge in [-0.2, -0.15) is 0 Å². The van der Waals surface area contributed by atoms with E-state index in [1.54, 1.807) is 0 Å². The lowest BCUT2D eigenvalue weighted by molar-refractivity contribution is 0.589. The highest BCUT2D eigenvalue weighted by Crippen LogP contribution is 2.25. The number of hydrogen-bond donors (Lipinski definition) is 0. The van der Waals surface area contributed by atoms with Gasteiger partial charge >= 0.3 is 0 Å². The molecule has 0 saturated carbocycles. The van der Waals surface area contributed by atoms with Crippen LogP contribution in [0.25, 0.3) is 0 Å². The van der Waals surface area contributed by atoms with Crippen LogP contribution in [0, 0.1) is 0 Å². The second-order valence-corrected chi connectivity index (χ2v) is 6.15. The predicted molar refractivity (Wildman–Crippen MR) is 73.2 cm³/mol. The molecule has 0 aliphatic heterocycles. The van der Waals surface area contributed by atoms with Crippen molar-refractivity contribution >= 4 is 58.0 Å². The molecular formula is C10H17Cl5. The van der Waals surface area contributed by atoms with Crippen molar-refractivity contribution in [2.24, 2.45) is 0 Å². The highest BCUT2D eigenvalue weighted by Gasteiger charge is 2.22. The van der Waals surface area contributed by atoms with E-state index in [1.807, 2.05) is 0 Å². The maximum atomic E-state index is 6.04. The smallest absolute Gasteiger partial charge is 0.125 e. The Kier molecular flexibility index (Phi) is 11.6. The van der Waals surface area contributed by atoms with Gasteiger partial charge in [0, 0.05) is 5.88 Å². The summed E-state index contributed by atoms with van der Waals surface area (Å²) in [4.78, 5) is -0.592. The monoisotopic (exact) mass is 312 g/mol. The molecule has 0 bridgehead atoms. The first kappa shape index (κ1) is 16.4. The van der Waals surface area contributed by atoms with E-state index >= 15 is 0 Å². The van der Waals surface area contributed by atoms with Crippen molar-refractivity contribution in [3.8, 4) is 0 Å².